The maximum Gasteiger partial charge on any atom is 0.416 e. The van der Waals surface area contributed by atoms with Crippen LogP contribution >= 0.6 is 0 Å². The molecule has 0 saturated carbocycles. The number of amides is 1. The molecule has 2 heterocycles. The van der Waals surface area contributed by atoms with E-state index < -0.39 is 11.7 Å². The van der Waals surface area contributed by atoms with Gasteiger partial charge in [0.25, 0.3) is 0 Å². The van der Waals surface area contributed by atoms with Crippen molar-refractivity contribution in [1.29, 1.82) is 0 Å². The minimum Gasteiger partial charge on any atom is -0.374 e. The van der Waals surface area contributed by atoms with Gasteiger partial charge in [-0.2, -0.15) is 13.2 Å². The van der Waals surface area contributed by atoms with Crippen LogP contribution in [0.4, 0.5) is 13.2 Å². The summed E-state index contributed by atoms with van der Waals surface area (Å²) in [5, 5.41) is 11.1. The fourth-order valence-electron chi connectivity index (χ4n) is 3.78. The third-order valence-corrected chi connectivity index (χ3v) is 5.66. The minimum atomic E-state index is -4.37. The molecule has 1 N–H and O–H groups in total. The van der Waals surface area contributed by atoms with Crippen molar-refractivity contribution in [3.63, 3.8) is 0 Å². The van der Waals surface area contributed by atoms with Crippen molar-refractivity contribution in [3.8, 4) is 11.8 Å². The fourth-order valence-corrected chi connectivity index (χ4v) is 3.78. The van der Waals surface area contributed by atoms with Crippen molar-refractivity contribution in [2.24, 2.45) is 5.92 Å². The predicted molar refractivity (Wildman–Crippen MR) is 117 cm³/mol. The van der Waals surface area contributed by atoms with Crippen LogP contribution in [-0.4, -0.2) is 39.2 Å². The zero-order valence-corrected chi connectivity index (χ0v) is 19.2. The van der Waals surface area contributed by atoms with Gasteiger partial charge in [-0.15, -0.1) is 5.10 Å². The summed E-state index contributed by atoms with van der Waals surface area (Å²) in [6.45, 7) is 7.77. The van der Waals surface area contributed by atoms with Gasteiger partial charge in [0.05, 0.1) is 35.9 Å². The van der Waals surface area contributed by atoms with Crippen LogP contribution in [0, 0.1) is 17.8 Å². The van der Waals surface area contributed by atoms with Crippen LogP contribution in [0.15, 0.2) is 30.5 Å². The average molecular weight is 463 g/mol. The fraction of sp³-hybridized carbons (Fsp3) is 0.542. The Labute approximate surface area is 191 Å². The van der Waals surface area contributed by atoms with Crippen LogP contribution in [0.25, 0.3) is 0 Å². The van der Waals surface area contributed by atoms with E-state index in [1.54, 1.807) is 10.9 Å². The van der Waals surface area contributed by atoms with Crippen LogP contribution in [-0.2, 0) is 15.7 Å². The third-order valence-electron chi connectivity index (χ3n) is 5.66. The van der Waals surface area contributed by atoms with Gasteiger partial charge in [0.1, 0.15) is 0 Å². The van der Waals surface area contributed by atoms with Crippen LogP contribution in [0.1, 0.15) is 69.8 Å². The summed E-state index contributed by atoms with van der Waals surface area (Å²) >= 11 is 0. The van der Waals surface area contributed by atoms with Crippen molar-refractivity contribution in [2.75, 3.05) is 0 Å². The standard InChI is InChI=1S/C24H29F3N4O2/c1-15(2)28-23(32)17(4)22-12-11-21(33-22)13-16(3)31-14-20(29-30-31)10-7-18-5-8-19(9-6-18)24(25,26)27/h5-6,8-9,14-17,21-22H,11-13H2,1-4H3,(H,28,32)/t16-,17-,21+,22-/m1/s1. The molecule has 0 radical (unpaired) electrons. The monoisotopic (exact) mass is 462 g/mol. The van der Waals surface area contributed by atoms with Gasteiger partial charge >= 0.3 is 6.18 Å². The number of nitrogens with zero attached hydrogens (tertiary/aromatic N) is 3. The molecule has 2 aromatic rings. The van der Waals surface area contributed by atoms with Crippen LogP contribution in [0.5, 0.6) is 0 Å². The summed E-state index contributed by atoms with van der Waals surface area (Å²) in [4.78, 5) is 12.2. The number of hydrogen-bond acceptors (Lipinski definition) is 4. The number of aromatic nitrogens is 3. The molecule has 6 nitrogen and oxygen atoms in total. The average Bonchev–Trinajstić information content (AvgIpc) is 3.40. The highest BCUT2D eigenvalue weighted by Crippen LogP contribution is 2.31. The third kappa shape index (κ3) is 6.81. The van der Waals surface area contributed by atoms with E-state index in [-0.39, 0.29) is 36.1 Å². The second kappa shape index (κ2) is 10.4. The summed E-state index contributed by atoms with van der Waals surface area (Å²) in [6, 6.07) is 4.79. The summed E-state index contributed by atoms with van der Waals surface area (Å²) in [5.41, 5.74) is 0.191. The van der Waals surface area contributed by atoms with Crippen molar-refractivity contribution >= 4 is 5.91 Å². The molecule has 0 spiro atoms. The Morgan fingerprint density at radius 2 is 1.88 bits per heavy atom. The van der Waals surface area contributed by atoms with E-state index in [2.05, 4.69) is 27.5 Å². The lowest BCUT2D eigenvalue weighted by atomic mass is 10.00. The van der Waals surface area contributed by atoms with Crippen molar-refractivity contribution < 1.29 is 22.7 Å². The normalized spacial score (nSPS) is 20.2. The molecule has 9 heteroatoms. The molecule has 0 unspecified atom stereocenters. The highest BCUT2D eigenvalue weighted by molar-refractivity contribution is 5.79. The smallest absolute Gasteiger partial charge is 0.374 e. The number of rotatable bonds is 6. The number of carbonyl (C=O) groups is 1. The zero-order valence-electron chi connectivity index (χ0n) is 19.2. The Morgan fingerprint density at radius 3 is 2.52 bits per heavy atom. The zero-order chi connectivity index (χ0) is 24.2. The molecule has 1 saturated heterocycles. The van der Waals surface area contributed by atoms with Crippen LogP contribution in [0.3, 0.4) is 0 Å². The topological polar surface area (TPSA) is 69.0 Å². The Balaban J connectivity index is 1.54. The molecular weight excluding hydrogens is 433 g/mol. The first-order valence-corrected chi connectivity index (χ1v) is 11.1. The number of hydrogen-bond donors (Lipinski definition) is 1. The van der Waals surface area contributed by atoms with E-state index in [0.717, 1.165) is 31.4 Å². The Morgan fingerprint density at radius 1 is 1.18 bits per heavy atom. The second-order valence-corrected chi connectivity index (χ2v) is 8.82. The molecular formula is C24H29F3N4O2. The number of ether oxygens (including phenoxy) is 1. The quantitative estimate of drug-likeness (QED) is 0.648. The first-order valence-electron chi connectivity index (χ1n) is 11.1. The van der Waals surface area contributed by atoms with E-state index in [4.69, 9.17) is 4.74 Å². The van der Waals surface area contributed by atoms with Crippen molar-refractivity contribution in [2.45, 2.75) is 77.4 Å². The van der Waals surface area contributed by atoms with Crippen molar-refractivity contribution in [3.05, 3.63) is 47.3 Å². The van der Waals surface area contributed by atoms with Gasteiger partial charge in [0, 0.05) is 11.6 Å². The number of carbonyl (C=O) groups excluding carboxylic acids is 1. The first kappa shape index (κ1) is 24.8. The number of halogens is 3. The van der Waals surface area contributed by atoms with Crippen LogP contribution in [0.2, 0.25) is 0 Å². The maximum absolute atomic E-state index is 12.7. The highest BCUT2D eigenvalue weighted by Gasteiger charge is 2.34. The Bertz CT molecular complexity index is 1010. The largest absolute Gasteiger partial charge is 0.416 e. The Kier molecular flexibility index (Phi) is 7.80. The molecule has 1 aliphatic heterocycles. The molecule has 1 aromatic carbocycles. The lowest BCUT2D eigenvalue weighted by Crippen LogP contribution is -2.39. The van der Waals surface area contributed by atoms with E-state index in [9.17, 15) is 18.0 Å². The summed E-state index contributed by atoms with van der Waals surface area (Å²) < 4.78 is 45.8. The molecule has 0 aliphatic carbocycles. The molecule has 4 atom stereocenters. The van der Waals surface area contributed by atoms with Crippen molar-refractivity contribution in [1.82, 2.24) is 20.3 Å². The van der Waals surface area contributed by atoms with Gasteiger partial charge < -0.3 is 10.1 Å². The Hall–Kier alpha value is -2.86. The van der Waals surface area contributed by atoms with E-state index >= 15 is 0 Å². The molecule has 178 valence electrons. The van der Waals surface area contributed by atoms with E-state index in [1.165, 1.54) is 12.1 Å². The maximum atomic E-state index is 12.7. The molecule has 33 heavy (non-hydrogen) atoms. The van der Waals surface area contributed by atoms with Gasteiger partial charge in [-0.1, -0.05) is 18.1 Å². The summed E-state index contributed by atoms with van der Waals surface area (Å²) in [5.74, 6) is 5.46. The summed E-state index contributed by atoms with van der Waals surface area (Å²) in [7, 11) is 0. The van der Waals surface area contributed by atoms with Gasteiger partial charge in [0.15, 0.2) is 5.69 Å². The lowest BCUT2D eigenvalue weighted by Gasteiger charge is -2.22. The van der Waals surface area contributed by atoms with E-state index in [0.29, 0.717) is 11.3 Å². The van der Waals surface area contributed by atoms with Gasteiger partial charge in [-0.25, -0.2) is 4.68 Å². The molecule has 1 aliphatic rings. The van der Waals surface area contributed by atoms with Crippen LogP contribution < -0.4 is 5.32 Å². The number of benzene rings is 1. The summed E-state index contributed by atoms with van der Waals surface area (Å²) in [6.07, 6.45) is -0.273. The molecule has 0 bridgehead atoms. The molecule has 1 aromatic heterocycles. The van der Waals surface area contributed by atoms with Gasteiger partial charge in [-0.3, -0.25) is 4.79 Å². The molecule has 1 amide bonds. The SMILES string of the molecule is CC(C)NC(=O)[C@H](C)[C@H]1CC[C@@H](C[C@@H](C)n2cc(C#Cc3ccc(C(F)(F)F)cc3)nn2)O1. The van der Waals surface area contributed by atoms with Gasteiger partial charge in [0.2, 0.25) is 5.91 Å². The highest BCUT2D eigenvalue weighted by atomic mass is 19.4. The first-order chi connectivity index (χ1) is 15.5. The molecule has 1 fully saturated rings. The second-order valence-electron chi connectivity index (χ2n) is 8.82. The molecule has 3 rings (SSSR count). The van der Waals surface area contributed by atoms with Gasteiger partial charge in [-0.05, 0) is 70.2 Å². The number of alkyl halides is 3. The van der Waals surface area contributed by atoms with E-state index in [1.807, 2.05) is 27.7 Å². The number of nitrogens with one attached hydrogen (secondary N) is 1. The predicted octanol–water partition coefficient (Wildman–Crippen LogP) is 4.36. The lowest BCUT2D eigenvalue weighted by molar-refractivity contribution is -0.137. The minimum absolute atomic E-state index is 0.0104.